The van der Waals surface area contributed by atoms with Gasteiger partial charge in [-0.2, -0.15) is 0 Å². The SMILES string of the molecule is CC(=O)O[C@@H]1[C@@H](O)[C@@H](O)[C@H](Oc2cc(O)cc(O)c2C(=O)c2cc(O)cc(O)c2)O[C@H]1C. The van der Waals surface area contributed by atoms with E-state index in [1.807, 2.05) is 0 Å². The first-order valence-corrected chi connectivity index (χ1v) is 9.47. The normalized spacial score (nSPS) is 25.2. The van der Waals surface area contributed by atoms with Gasteiger partial charge in [-0.15, -0.1) is 0 Å². The largest absolute Gasteiger partial charge is 0.508 e. The van der Waals surface area contributed by atoms with Gasteiger partial charge in [0.2, 0.25) is 12.1 Å². The second kappa shape index (κ2) is 8.91. The lowest BCUT2D eigenvalue weighted by atomic mass is 9.99. The van der Waals surface area contributed by atoms with E-state index in [0.29, 0.717) is 0 Å². The number of ether oxygens (including phenoxy) is 3. The number of phenolic OH excluding ortho intramolecular Hbond substituents is 4. The van der Waals surface area contributed by atoms with E-state index < -0.39 is 76.8 Å². The summed E-state index contributed by atoms with van der Waals surface area (Å²) in [5.41, 5.74) is -0.672. The highest BCUT2D eigenvalue weighted by Crippen LogP contribution is 2.37. The lowest BCUT2D eigenvalue weighted by molar-refractivity contribution is -0.272. The highest BCUT2D eigenvalue weighted by Gasteiger charge is 2.46. The highest BCUT2D eigenvalue weighted by molar-refractivity contribution is 6.13. The van der Waals surface area contributed by atoms with Gasteiger partial charge < -0.3 is 44.8 Å². The molecule has 11 heteroatoms. The minimum atomic E-state index is -1.73. The average Bonchev–Trinajstić information content (AvgIpc) is 2.67. The number of aromatic hydroxyl groups is 4. The molecule has 1 fully saturated rings. The van der Waals surface area contributed by atoms with Gasteiger partial charge in [0.05, 0.1) is 6.10 Å². The fourth-order valence-electron chi connectivity index (χ4n) is 3.36. The third-order valence-electron chi connectivity index (χ3n) is 4.78. The van der Waals surface area contributed by atoms with E-state index in [1.165, 1.54) is 6.92 Å². The van der Waals surface area contributed by atoms with Gasteiger partial charge in [-0.1, -0.05) is 0 Å². The van der Waals surface area contributed by atoms with Gasteiger partial charge in [0.25, 0.3) is 0 Å². The number of carbonyl (C=O) groups is 2. The monoisotopic (exact) mass is 450 g/mol. The minimum absolute atomic E-state index is 0.207. The molecule has 0 spiro atoms. The first kappa shape index (κ1) is 23.1. The maximum atomic E-state index is 13.0. The molecule has 1 aliphatic rings. The van der Waals surface area contributed by atoms with E-state index in [9.17, 15) is 40.2 Å². The summed E-state index contributed by atoms with van der Waals surface area (Å²) in [6.07, 6.45) is -7.00. The van der Waals surface area contributed by atoms with Gasteiger partial charge in [0, 0.05) is 30.7 Å². The van der Waals surface area contributed by atoms with Gasteiger partial charge >= 0.3 is 5.97 Å². The first-order chi connectivity index (χ1) is 15.0. The molecule has 2 aromatic carbocycles. The lowest BCUT2D eigenvalue weighted by Crippen LogP contribution is -2.59. The summed E-state index contributed by atoms with van der Waals surface area (Å²) in [6.45, 7) is 2.58. The van der Waals surface area contributed by atoms with Crippen molar-refractivity contribution in [3.05, 3.63) is 41.5 Å². The van der Waals surface area contributed by atoms with Crippen LogP contribution in [0.2, 0.25) is 0 Å². The van der Waals surface area contributed by atoms with E-state index in [2.05, 4.69) is 0 Å². The third kappa shape index (κ3) is 4.69. The summed E-state index contributed by atoms with van der Waals surface area (Å²) in [4.78, 5) is 24.2. The third-order valence-corrected chi connectivity index (χ3v) is 4.78. The van der Waals surface area contributed by atoms with Crippen LogP contribution in [-0.2, 0) is 14.3 Å². The number of ketones is 1. The van der Waals surface area contributed by atoms with E-state index >= 15 is 0 Å². The molecule has 1 heterocycles. The molecule has 1 saturated heterocycles. The van der Waals surface area contributed by atoms with Crippen LogP contribution in [0, 0.1) is 0 Å². The number of hydrogen-bond donors (Lipinski definition) is 6. The number of hydrogen-bond acceptors (Lipinski definition) is 11. The molecule has 1 aliphatic heterocycles. The summed E-state index contributed by atoms with van der Waals surface area (Å²) in [7, 11) is 0. The van der Waals surface area contributed by atoms with E-state index in [0.717, 1.165) is 37.3 Å². The van der Waals surface area contributed by atoms with Crippen molar-refractivity contribution in [2.75, 3.05) is 0 Å². The topological polar surface area (TPSA) is 183 Å². The van der Waals surface area contributed by atoms with E-state index in [4.69, 9.17) is 14.2 Å². The van der Waals surface area contributed by atoms with Gasteiger partial charge in [0.15, 0.2) is 6.10 Å². The maximum absolute atomic E-state index is 13.0. The Bertz CT molecular complexity index is 1010. The number of phenols is 4. The first-order valence-electron chi connectivity index (χ1n) is 9.47. The zero-order valence-electron chi connectivity index (χ0n) is 17.0. The van der Waals surface area contributed by atoms with Crippen molar-refractivity contribution in [2.24, 2.45) is 0 Å². The Kier molecular flexibility index (Phi) is 6.44. The van der Waals surface area contributed by atoms with Crippen molar-refractivity contribution < 1.29 is 54.4 Å². The molecule has 0 saturated carbocycles. The second-order valence-corrected chi connectivity index (χ2v) is 7.29. The Morgan fingerprint density at radius 3 is 2.09 bits per heavy atom. The molecule has 0 amide bonds. The van der Waals surface area contributed by atoms with Gasteiger partial charge in [-0.3, -0.25) is 9.59 Å². The Balaban J connectivity index is 1.95. The second-order valence-electron chi connectivity index (χ2n) is 7.29. The van der Waals surface area contributed by atoms with Gasteiger partial charge in [0.1, 0.15) is 46.5 Å². The molecule has 0 bridgehead atoms. The quantitative estimate of drug-likeness (QED) is 0.276. The van der Waals surface area contributed by atoms with Crippen molar-refractivity contribution in [1.82, 2.24) is 0 Å². The molecule has 3 rings (SSSR count). The van der Waals surface area contributed by atoms with Crippen LogP contribution in [0.5, 0.6) is 28.7 Å². The molecule has 0 unspecified atom stereocenters. The summed E-state index contributed by atoms with van der Waals surface area (Å²) in [6, 6.07) is 4.93. The zero-order valence-corrected chi connectivity index (χ0v) is 17.0. The van der Waals surface area contributed by atoms with Crippen molar-refractivity contribution in [2.45, 2.75) is 44.6 Å². The molecule has 0 radical (unpaired) electrons. The van der Waals surface area contributed by atoms with Gasteiger partial charge in [-0.25, -0.2) is 0 Å². The molecule has 2 aromatic rings. The van der Waals surface area contributed by atoms with Crippen LogP contribution >= 0.6 is 0 Å². The molecule has 0 aromatic heterocycles. The zero-order chi connectivity index (χ0) is 23.7. The number of esters is 1. The molecule has 5 atom stereocenters. The molecule has 6 N–H and O–H groups in total. The fourth-order valence-corrected chi connectivity index (χ4v) is 3.36. The highest BCUT2D eigenvalue weighted by atomic mass is 16.7. The van der Waals surface area contributed by atoms with Gasteiger partial charge in [-0.05, 0) is 19.1 Å². The fraction of sp³-hybridized carbons (Fsp3) is 0.333. The van der Waals surface area contributed by atoms with Crippen LogP contribution in [0.15, 0.2) is 30.3 Å². The molecular weight excluding hydrogens is 428 g/mol. The molecule has 32 heavy (non-hydrogen) atoms. The standard InChI is InChI=1S/C21H22O11/c1-8-20(31-9(2)22)18(28)19(29)21(30-8)32-15-7-13(25)6-14(26)16(15)17(27)10-3-11(23)5-12(24)4-10/h3-8,18-21,23-26,28-29H,1-2H3/t8-,18-,19+,20-,21-/m0/s1. The van der Waals surface area contributed by atoms with Crippen molar-refractivity contribution >= 4 is 11.8 Å². The summed E-state index contributed by atoms with van der Waals surface area (Å²) < 4.78 is 16.0. The molecule has 172 valence electrons. The maximum Gasteiger partial charge on any atom is 0.303 e. The van der Waals surface area contributed by atoms with Crippen molar-refractivity contribution in [1.29, 1.82) is 0 Å². The number of rotatable bonds is 5. The summed E-state index contributed by atoms with van der Waals surface area (Å²) in [5, 5.41) is 60.2. The molecule has 11 nitrogen and oxygen atoms in total. The Hall–Kier alpha value is -3.54. The Morgan fingerprint density at radius 2 is 1.50 bits per heavy atom. The van der Waals surface area contributed by atoms with Crippen LogP contribution in [-0.4, -0.2) is 73.1 Å². The number of aliphatic hydroxyl groups is 2. The predicted molar refractivity (Wildman–Crippen MR) is 106 cm³/mol. The van der Waals surface area contributed by atoms with Crippen LogP contribution in [0.4, 0.5) is 0 Å². The van der Waals surface area contributed by atoms with Crippen LogP contribution in [0.1, 0.15) is 29.8 Å². The number of carbonyl (C=O) groups excluding carboxylic acids is 2. The minimum Gasteiger partial charge on any atom is -0.508 e. The number of benzene rings is 2. The smallest absolute Gasteiger partial charge is 0.303 e. The van der Waals surface area contributed by atoms with E-state index in [-0.39, 0.29) is 5.56 Å². The van der Waals surface area contributed by atoms with Crippen LogP contribution in [0.25, 0.3) is 0 Å². The summed E-state index contributed by atoms with van der Waals surface area (Å²) in [5.74, 6) is -3.99. The Labute approximate surface area is 181 Å². The van der Waals surface area contributed by atoms with Crippen LogP contribution in [0.3, 0.4) is 0 Å². The van der Waals surface area contributed by atoms with Crippen molar-refractivity contribution in [3.8, 4) is 28.7 Å². The van der Waals surface area contributed by atoms with Crippen molar-refractivity contribution in [3.63, 3.8) is 0 Å². The Morgan fingerprint density at radius 1 is 0.906 bits per heavy atom. The molecule has 0 aliphatic carbocycles. The molecular formula is C21H22O11. The average molecular weight is 450 g/mol. The predicted octanol–water partition coefficient (Wildman–Crippen LogP) is 0.517. The van der Waals surface area contributed by atoms with E-state index in [1.54, 1.807) is 0 Å². The number of aliphatic hydroxyl groups excluding tert-OH is 2. The summed E-state index contributed by atoms with van der Waals surface area (Å²) >= 11 is 0. The van der Waals surface area contributed by atoms with Crippen LogP contribution < -0.4 is 4.74 Å². The lowest BCUT2D eigenvalue weighted by Gasteiger charge is -2.40.